The van der Waals surface area contributed by atoms with E-state index in [2.05, 4.69) is 8.75 Å². The van der Waals surface area contributed by atoms with Crippen LogP contribution in [0.25, 0.3) is 11.0 Å². The van der Waals surface area contributed by atoms with Crippen LogP contribution in [-0.4, -0.2) is 43.2 Å². The molecule has 26 heavy (non-hydrogen) atoms. The molecule has 0 aliphatic rings. The molecule has 0 unspecified atom stereocenters. The molecule has 10 heteroatoms. The molecule has 0 bridgehead atoms. The molecular formula is C16H17N3O4S3. The molecule has 0 saturated carbocycles. The number of hydrogen-bond acceptors (Lipinski definition) is 7. The van der Waals surface area contributed by atoms with Crippen molar-refractivity contribution < 1.29 is 16.8 Å². The van der Waals surface area contributed by atoms with Crippen molar-refractivity contribution >= 4 is 42.6 Å². The number of sulfonamides is 1. The molecule has 1 heterocycles. The summed E-state index contributed by atoms with van der Waals surface area (Å²) in [5.41, 5.74) is 1.57. The third-order valence-corrected chi connectivity index (χ3v) is 7.87. The van der Waals surface area contributed by atoms with Gasteiger partial charge in [0, 0.05) is 19.3 Å². The van der Waals surface area contributed by atoms with E-state index in [1.54, 1.807) is 31.2 Å². The summed E-state index contributed by atoms with van der Waals surface area (Å²) in [5, 5.41) is 0. The molecule has 0 radical (unpaired) electrons. The number of rotatable bonds is 5. The van der Waals surface area contributed by atoms with Crippen LogP contribution in [0.15, 0.2) is 52.3 Å². The molecule has 0 saturated heterocycles. The fourth-order valence-electron chi connectivity index (χ4n) is 2.56. The highest BCUT2D eigenvalue weighted by atomic mass is 32.2. The van der Waals surface area contributed by atoms with Crippen LogP contribution in [-0.2, 0) is 19.9 Å². The largest absolute Gasteiger partial charge is 0.245 e. The molecular weight excluding hydrogens is 394 g/mol. The van der Waals surface area contributed by atoms with Crippen molar-refractivity contribution in [2.45, 2.75) is 22.8 Å². The highest BCUT2D eigenvalue weighted by molar-refractivity contribution is 7.90. The summed E-state index contributed by atoms with van der Waals surface area (Å²) in [6, 6.07) is 10.6. The zero-order chi connectivity index (χ0) is 19.1. The Morgan fingerprint density at radius 1 is 1.00 bits per heavy atom. The van der Waals surface area contributed by atoms with Crippen LogP contribution >= 0.6 is 11.7 Å². The van der Waals surface area contributed by atoms with Gasteiger partial charge in [-0.3, -0.25) is 0 Å². The van der Waals surface area contributed by atoms with E-state index in [1.807, 2.05) is 0 Å². The topological polar surface area (TPSA) is 97.3 Å². The SMILES string of the molecule is C[C@@H](c1ccc(S(C)(=O)=O)cc1)N(C)S(=O)(=O)c1cccc2nsnc12. The van der Waals surface area contributed by atoms with Gasteiger partial charge in [-0.05, 0) is 36.8 Å². The molecule has 3 aromatic rings. The summed E-state index contributed by atoms with van der Waals surface area (Å²) in [4.78, 5) is 0.295. The molecule has 0 aliphatic carbocycles. The van der Waals surface area contributed by atoms with Crippen LogP contribution in [0.4, 0.5) is 0 Å². The summed E-state index contributed by atoms with van der Waals surface area (Å²) in [7, 11) is -5.61. The number of aromatic nitrogens is 2. The predicted molar refractivity (Wildman–Crippen MR) is 100 cm³/mol. The molecule has 0 fully saturated rings. The standard InChI is InChI=1S/C16H17N3O4S3/c1-11(12-7-9-13(10-8-12)25(3,20)21)19(2)26(22,23)15-6-4-5-14-16(15)18-24-17-14/h4-11H,1-3H3/t11-/m0/s1. The zero-order valence-corrected chi connectivity index (χ0v) is 16.8. The highest BCUT2D eigenvalue weighted by Gasteiger charge is 2.29. The lowest BCUT2D eigenvalue weighted by molar-refractivity contribution is 0.398. The molecule has 3 rings (SSSR count). The predicted octanol–water partition coefficient (Wildman–Crippen LogP) is 2.48. The average molecular weight is 412 g/mol. The number of fused-ring (bicyclic) bond motifs is 1. The summed E-state index contributed by atoms with van der Waals surface area (Å²) < 4.78 is 58.7. The summed E-state index contributed by atoms with van der Waals surface area (Å²) >= 11 is 0.964. The Morgan fingerprint density at radius 2 is 1.65 bits per heavy atom. The van der Waals surface area contributed by atoms with Gasteiger partial charge in [-0.1, -0.05) is 18.2 Å². The van der Waals surface area contributed by atoms with Crippen molar-refractivity contribution in [2.24, 2.45) is 0 Å². The first kappa shape index (κ1) is 18.9. The molecule has 0 aliphatic heterocycles. The Balaban J connectivity index is 1.97. The molecule has 0 amide bonds. The van der Waals surface area contributed by atoms with E-state index in [0.29, 0.717) is 16.6 Å². The normalized spacial score (nSPS) is 14.0. The maximum absolute atomic E-state index is 13.1. The molecule has 2 aromatic carbocycles. The Morgan fingerprint density at radius 3 is 2.27 bits per heavy atom. The summed E-state index contributed by atoms with van der Waals surface area (Å²) in [6.45, 7) is 1.74. The average Bonchev–Trinajstić information content (AvgIpc) is 3.08. The molecule has 1 aromatic heterocycles. The van der Waals surface area contributed by atoms with Crippen LogP contribution in [0.3, 0.4) is 0 Å². The van der Waals surface area contributed by atoms with Gasteiger partial charge < -0.3 is 0 Å². The molecule has 7 nitrogen and oxygen atoms in total. The fourth-order valence-corrected chi connectivity index (χ4v) is 5.29. The molecule has 0 N–H and O–H groups in total. The summed E-state index contributed by atoms with van der Waals surface area (Å²) in [5.74, 6) is 0. The van der Waals surface area contributed by atoms with Crippen molar-refractivity contribution in [1.29, 1.82) is 0 Å². The van der Waals surface area contributed by atoms with E-state index in [9.17, 15) is 16.8 Å². The van der Waals surface area contributed by atoms with E-state index in [0.717, 1.165) is 18.0 Å². The third kappa shape index (κ3) is 3.37. The van der Waals surface area contributed by atoms with E-state index in [4.69, 9.17) is 0 Å². The van der Waals surface area contributed by atoms with Crippen LogP contribution in [0.1, 0.15) is 18.5 Å². The van der Waals surface area contributed by atoms with Gasteiger partial charge in [0.15, 0.2) is 9.84 Å². The smallest absolute Gasteiger partial charge is 0.224 e. The van der Waals surface area contributed by atoms with Crippen molar-refractivity contribution in [3.05, 3.63) is 48.0 Å². The highest BCUT2D eigenvalue weighted by Crippen LogP contribution is 2.29. The van der Waals surface area contributed by atoms with Crippen molar-refractivity contribution in [1.82, 2.24) is 13.1 Å². The molecule has 1 atom stereocenters. The maximum atomic E-state index is 13.1. The van der Waals surface area contributed by atoms with E-state index >= 15 is 0 Å². The van der Waals surface area contributed by atoms with Crippen LogP contribution in [0.5, 0.6) is 0 Å². The van der Waals surface area contributed by atoms with Crippen molar-refractivity contribution in [3.8, 4) is 0 Å². The first-order chi connectivity index (χ1) is 12.1. The first-order valence-electron chi connectivity index (χ1n) is 7.61. The van der Waals surface area contributed by atoms with Gasteiger partial charge in [-0.15, -0.1) is 0 Å². The minimum atomic E-state index is -3.80. The lowest BCUT2D eigenvalue weighted by atomic mass is 10.1. The van der Waals surface area contributed by atoms with Crippen molar-refractivity contribution in [2.75, 3.05) is 13.3 Å². The van der Waals surface area contributed by atoms with Gasteiger partial charge >= 0.3 is 0 Å². The minimum Gasteiger partial charge on any atom is -0.224 e. The number of benzene rings is 2. The van der Waals surface area contributed by atoms with Gasteiger partial charge in [0.25, 0.3) is 0 Å². The second-order valence-corrected chi connectivity index (χ2v) is 10.4. The molecule has 138 valence electrons. The Bertz CT molecular complexity index is 1150. The van der Waals surface area contributed by atoms with Gasteiger partial charge in [0.2, 0.25) is 10.0 Å². The Labute approximate surface area is 156 Å². The lowest BCUT2D eigenvalue weighted by Crippen LogP contribution is -2.30. The second-order valence-electron chi connectivity index (χ2n) is 5.93. The van der Waals surface area contributed by atoms with Crippen LogP contribution < -0.4 is 0 Å². The van der Waals surface area contributed by atoms with E-state index < -0.39 is 25.9 Å². The van der Waals surface area contributed by atoms with Crippen LogP contribution in [0, 0.1) is 0 Å². The van der Waals surface area contributed by atoms with Crippen LogP contribution in [0.2, 0.25) is 0 Å². The summed E-state index contributed by atoms with van der Waals surface area (Å²) in [6.07, 6.45) is 1.13. The van der Waals surface area contributed by atoms with Crippen molar-refractivity contribution in [3.63, 3.8) is 0 Å². The Hall–Kier alpha value is -1.88. The Kier molecular flexibility index (Phi) is 4.86. The maximum Gasteiger partial charge on any atom is 0.245 e. The van der Waals surface area contributed by atoms with Gasteiger partial charge in [0.1, 0.15) is 15.9 Å². The number of hydrogen-bond donors (Lipinski definition) is 0. The monoisotopic (exact) mass is 411 g/mol. The minimum absolute atomic E-state index is 0.103. The van der Waals surface area contributed by atoms with Gasteiger partial charge in [-0.25, -0.2) is 16.8 Å². The third-order valence-electron chi connectivity index (χ3n) is 4.24. The van der Waals surface area contributed by atoms with E-state index in [-0.39, 0.29) is 9.79 Å². The molecule has 0 spiro atoms. The number of sulfone groups is 1. The fraction of sp³-hybridized carbons (Fsp3) is 0.250. The lowest BCUT2D eigenvalue weighted by Gasteiger charge is -2.25. The van der Waals surface area contributed by atoms with Gasteiger partial charge in [0.05, 0.1) is 16.6 Å². The second kappa shape index (κ2) is 6.69. The number of nitrogens with zero attached hydrogens (tertiary/aromatic N) is 3. The quantitative estimate of drug-likeness (QED) is 0.640. The first-order valence-corrected chi connectivity index (χ1v) is 11.7. The van der Waals surface area contributed by atoms with Gasteiger partial charge in [-0.2, -0.15) is 13.1 Å². The van der Waals surface area contributed by atoms with E-state index in [1.165, 1.54) is 29.6 Å². The zero-order valence-electron chi connectivity index (χ0n) is 14.3.